The predicted octanol–water partition coefficient (Wildman–Crippen LogP) is 3.39. The molecule has 0 saturated heterocycles. The Balaban J connectivity index is 1.63. The minimum atomic E-state index is 0.210. The maximum absolute atomic E-state index is 11.9. The van der Waals surface area contributed by atoms with Gasteiger partial charge in [-0.2, -0.15) is 0 Å². The summed E-state index contributed by atoms with van der Waals surface area (Å²) in [7, 11) is 0. The van der Waals surface area contributed by atoms with Gasteiger partial charge in [0.05, 0.1) is 0 Å². The molecular formula is C16H20O2. The molecule has 2 heteroatoms. The molecule has 1 aromatic carbocycles. The molecule has 1 fully saturated rings. The van der Waals surface area contributed by atoms with Crippen molar-refractivity contribution in [1.29, 1.82) is 0 Å². The molecule has 18 heavy (non-hydrogen) atoms. The van der Waals surface area contributed by atoms with Crippen molar-refractivity contribution < 1.29 is 9.53 Å². The lowest BCUT2D eigenvalue weighted by Gasteiger charge is -2.27. The van der Waals surface area contributed by atoms with Crippen LogP contribution in [0.5, 0.6) is 5.75 Å². The summed E-state index contributed by atoms with van der Waals surface area (Å²) in [5.74, 6) is 2.39. The van der Waals surface area contributed by atoms with Gasteiger partial charge < -0.3 is 4.74 Å². The van der Waals surface area contributed by atoms with E-state index in [9.17, 15) is 4.79 Å². The van der Waals surface area contributed by atoms with E-state index in [-0.39, 0.29) is 12.0 Å². The van der Waals surface area contributed by atoms with Crippen molar-refractivity contribution in [3.05, 3.63) is 29.8 Å². The number of hydrogen-bond donors (Lipinski definition) is 0. The molecule has 0 amide bonds. The number of hydrogen-bond acceptors (Lipinski definition) is 2. The van der Waals surface area contributed by atoms with Gasteiger partial charge in [0, 0.05) is 18.8 Å². The summed E-state index contributed by atoms with van der Waals surface area (Å²) in [5, 5.41) is 0. The molecule has 0 aromatic heterocycles. The summed E-state index contributed by atoms with van der Waals surface area (Å²) in [6, 6.07) is 8.22. The molecule has 1 saturated carbocycles. The van der Waals surface area contributed by atoms with Crippen LogP contribution >= 0.6 is 0 Å². The summed E-state index contributed by atoms with van der Waals surface area (Å²) < 4.78 is 5.94. The standard InChI is InChI=1S/C16H20O2/c1-11-6-7-15(17)13(8-11)10-14-9-12-4-2-3-5-16(12)18-14/h2-5,11,13-14H,6-10H2,1H3. The van der Waals surface area contributed by atoms with Gasteiger partial charge in [-0.05, 0) is 36.8 Å². The third-order valence-electron chi connectivity index (χ3n) is 4.29. The van der Waals surface area contributed by atoms with E-state index in [1.54, 1.807) is 0 Å². The lowest BCUT2D eigenvalue weighted by Crippen LogP contribution is -2.29. The molecule has 2 aliphatic rings. The first-order valence-corrected chi connectivity index (χ1v) is 6.99. The van der Waals surface area contributed by atoms with E-state index in [1.165, 1.54) is 5.56 Å². The zero-order chi connectivity index (χ0) is 12.5. The minimum Gasteiger partial charge on any atom is -0.490 e. The molecule has 1 aliphatic heterocycles. The second kappa shape index (κ2) is 4.75. The highest BCUT2D eigenvalue weighted by Gasteiger charge is 2.32. The van der Waals surface area contributed by atoms with E-state index in [0.29, 0.717) is 11.7 Å². The van der Waals surface area contributed by atoms with Crippen LogP contribution in [-0.4, -0.2) is 11.9 Å². The topological polar surface area (TPSA) is 26.3 Å². The van der Waals surface area contributed by atoms with Crippen molar-refractivity contribution >= 4 is 5.78 Å². The van der Waals surface area contributed by atoms with Crippen LogP contribution in [0.4, 0.5) is 0 Å². The Labute approximate surface area is 108 Å². The Morgan fingerprint density at radius 3 is 3.00 bits per heavy atom. The quantitative estimate of drug-likeness (QED) is 0.797. The fraction of sp³-hybridized carbons (Fsp3) is 0.562. The molecule has 1 aliphatic carbocycles. The summed E-state index contributed by atoms with van der Waals surface area (Å²) >= 11 is 0. The molecular weight excluding hydrogens is 224 g/mol. The van der Waals surface area contributed by atoms with E-state index >= 15 is 0 Å². The Morgan fingerprint density at radius 1 is 1.33 bits per heavy atom. The molecule has 3 rings (SSSR count). The first-order chi connectivity index (χ1) is 8.72. The monoisotopic (exact) mass is 244 g/mol. The average Bonchev–Trinajstić information content (AvgIpc) is 2.76. The van der Waals surface area contributed by atoms with Crippen molar-refractivity contribution in [3.63, 3.8) is 0 Å². The molecule has 96 valence electrons. The van der Waals surface area contributed by atoms with Gasteiger partial charge in [0.2, 0.25) is 0 Å². The van der Waals surface area contributed by atoms with Crippen LogP contribution in [-0.2, 0) is 11.2 Å². The molecule has 0 N–H and O–H groups in total. The second-order valence-electron chi connectivity index (χ2n) is 5.83. The van der Waals surface area contributed by atoms with Gasteiger partial charge in [-0.3, -0.25) is 4.79 Å². The summed E-state index contributed by atoms with van der Waals surface area (Å²) in [4.78, 5) is 11.9. The fourth-order valence-corrected chi connectivity index (χ4v) is 3.26. The van der Waals surface area contributed by atoms with Crippen LogP contribution in [0.2, 0.25) is 0 Å². The van der Waals surface area contributed by atoms with E-state index in [1.807, 2.05) is 12.1 Å². The molecule has 1 heterocycles. The third kappa shape index (κ3) is 2.29. The predicted molar refractivity (Wildman–Crippen MR) is 70.7 cm³/mol. The van der Waals surface area contributed by atoms with Crippen molar-refractivity contribution in [3.8, 4) is 5.75 Å². The van der Waals surface area contributed by atoms with Gasteiger partial charge in [-0.1, -0.05) is 25.1 Å². The minimum absolute atomic E-state index is 0.210. The smallest absolute Gasteiger partial charge is 0.136 e. The van der Waals surface area contributed by atoms with Crippen LogP contribution in [0.3, 0.4) is 0 Å². The maximum Gasteiger partial charge on any atom is 0.136 e. The average molecular weight is 244 g/mol. The summed E-state index contributed by atoms with van der Waals surface area (Å²) in [5.41, 5.74) is 1.29. The van der Waals surface area contributed by atoms with Crippen LogP contribution in [0.25, 0.3) is 0 Å². The molecule has 3 unspecified atom stereocenters. The van der Waals surface area contributed by atoms with Crippen LogP contribution < -0.4 is 4.74 Å². The van der Waals surface area contributed by atoms with Crippen molar-refractivity contribution in [1.82, 2.24) is 0 Å². The highest BCUT2D eigenvalue weighted by Crippen LogP contribution is 2.35. The molecule has 0 spiro atoms. The Bertz CT molecular complexity index is 427. The third-order valence-corrected chi connectivity index (χ3v) is 4.29. The summed E-state index contributed by atoms with van der Waals surface area (Å²) in [6.45, 7) is 2.25. The number of ether oxygens (including phenoxy) is 1. The van der Waals surface area contributed by atoms with Crippen LogP contribution in [0, 0.1) is 11.8 Å². The first kappa shape index (κ1) is 11.8. The molecule has 3 atom stereocenters. The Morgan fingerprint density at radius 2 is 2.17 bits per heavy atom. The molecule has 1 aromatic rings. The number of rotatable bonds is 2. The first-order valence-electron chi connectivity index (χ1n) is 6.99. The van der Waals surface area contributed by atoms with E-state index in [2.05, 4.69) is 19.1 Å². The number of carbonyl (C=O) groups excluding carboxylic acids is 1. The normalized spacial score (nSPS) is 30.9. The van der Waals surface area contributed by atoms with Crippen molar-refractivity contribution in [2.45, 2.75) is 45.1 Å². The zero-order valence-electron chi connectivity index (χ0n) is 10.9. The highest BCUT2D eigenvalue weighted by atomic mass is 16.5. The van der Waals surface area contributed by atoms with Gasteiger partial charge in [0.25, 0.3) is 0 Å². The fourth-order valence-electron chi connectivity index (χ4n) is 3.26. The van der Waals surface area contributed by atoms with Gasteiger partial charge in [-0.15, -0.1) is 0 Å². The second-order valence-corrected chi connectivity index (χ2v) is 5.83. The van der Waals surface area contributed by atoms with E-state index in [4.69, 9.17) is 4.74 Å². The lowest BCUT2D eigenvalue weighted by molar-refractivity contribution is -0.126. The van der Waals surface area contributed by atoms with Gasteiger partial charge in [0.1, 0.15) is 17.6 Å². The lowest BCUT2D eigenvalue weighted by atomic mass is 9.78. The van der Waals surface area contributed by atoms with Crippen molar-refractivity contribution in [2.24, 2.45) is 11.8 Å². The highest BCUT2D eigenvalue weighted by molar-refractivity contribution is 5.81. The van der Waals surface area contributed by atoms with Gasteiger partial charge in [-0.25, -0.2) is 0 Å². The number of benzene rings is 1. The number of fused-ring (bicyclic) bond motifs is 1. The number of para-hydroxylation sites is 1. The molecule has 2 nitrogen and oxygen atoms in total. The maximum atomic E-state index is 11.9. The van der Waals surface area contributed by atoms with Crippen molar-refractivity contribution in [2.75, 3.05) is 0 Å². The van der Waals surface area contributed by atoms with E-state index in [0.717, 1.165) is 37.9 Å². The molecule has 0 radical (unpaired) electrons. The molecule has 0 bridgehead atoms. The largest absolute Gasteiger partial charge is 0.490 e. The Kier molecular flexibility index (Phi) is 3.11. The van der Waals surface area contributed by atoms with Crippen LogP contribution in [0.15, 0.2) is 24.3 Å². The zero-order valence-corrected chi connectivity index (χ0v) is 10.9. The number of carbonyl (C=O) groups is 1. The Hall–Kier alpha value is -1.31. The number of Topliss-reactive ketones (excluding diaryl/α,β-unsaturated/α-hetero) is 1. The summed E-state index contributed by atoms with van der Waals surface area (Å²) in [6.07, 6.45) is 4.97. The van der Waals surface area contributed by atoms with Gasteiger partial charge >= 0.3 is 0 Å². The number of ketones is 1. The van der Waals surface area contributed by atoms with E-state index < -0.39 is 0 Å². The van der Waals surface area contributed by atoms with Gasteiger partial charge in [0.15, 0.2) is 0 Å². The SMILES string of the molecule is CC1CCC(=O)C(CC2Cc3ccccc3O2)C1. The van der Waals surface area contributed by atoms with Crippen LogP contribution in [0.1, 0.15) is 38.2 Å².